The van der Waals surface area contributed by atoms with Crippen LogP contribution >= 0.6 is 43.2 Å². The zero-order valence-corrected chi connectivity index (χ0v) is 14.1. The molecule has 0 aliphatic rings. The van der Waals surface area contributed by atoms with Crippen molar-refractivity contribution < 1.29 is 4.79 Å². The van der Waals surface area contributed by atoms with Crippen molar-refractivity contribution in [1.29, 1.82) is 0 Å². The molecule has 1 aromatic carbocycles. The molecule has 0 aliphatic carbocycles. The van der Waals surface area contributed by atoms with E-state index in [1.54, 1.807) is 11.3 Å². The van der Waals surface area contributed by atoms with Crippen molar-refractivity contribution in [2.24, 2.45) is 0 Å². The molecule has 0 atom stereocenters. The molecule has 1 heterocycles. The Hall–Kier alpha value is -0.650. The Morgan fingerprint density at radius 1 is 1.16 bits per heavy atom. The highest BCUT2D eigenvalue weighted by atomic mass is 79.9. The van der Waals surface area contributed by atoms with Crippen molar-refractivity contribution in [2.75, 3.05) is 6.54 Å². The first-order valence-electron chi connectivity index (χ1n) is 5.86. The van der Waals surface area contributed by atoms with Gasteiger partial charge < -0.3 is 5.32 Å². The summed E-state index contributed by atoms with van der Waals surface area (Å²) in [4.78, 5) is 13.2. The van der Waals surface area contributed by atoms with E-state index in [4.69, 9.17) is 0 Å². The Morgan fingerprint density at radius 2 is 1.89 bits per heavy atom. The predicted molar refractivity (Wildman–Crippen MR) is 87.1 cm³/mol. The third-order valence-corrected chi connectivity index (χ3v) is 4.99. The lowest BCUT2D eigenvalue weighted by Crippen LogP contribution is -2.25. The van der Waals surface area contributed by atoms with E-state index in [0.717, 1.165) is 15.5 Å². The summed E-state index contributed by atoms with van der Waals surface area (Å²) in [7, 11) is 0. The van der Waals surface area contributed by atoms with Crippen molar-refractivity contribution in [3.05, 3.63) is 56.2 Å². The van der Waals surface area contributed by atoms with Crippen LogP contribution in [0, 0.1) is 0 Å². The highest BCUT2D eigenvalue weighted by Crippen LogP contribution is 2.22. The molecule has 0 radical (unpaired) electrons. The van der Waals surface area contributed by atoms with E-state index in [9.17, 15) is 4.79 Å². The summed E-state index contributed by atoms with van der Waals surface area (Å²) in [6, 6.07) is 11.7. The zero-order chi connectivity index (χ0) is 13.7. The molecule has 2 nitrogen and oxygen atoms in total. The lowest BCUT2D eigenvalue weighted by molar-refractivity contribution is 0.0954. The zero-order valence-electron chi connectivity index (χ0n) is 10.2. The van der Waals surface area contributed by atoms with Gasteiger partial charge in [-0.1, -0.05) is 28.1 Å². The molecule has 2 rings (SSSR count). The van der Waals surface area contributed by atoms with Crippen LogP contribution in [-0.2, 0) is 11.8 Å². The van der Waals surface area contributed by atoms with Crippen LogP contribution < -0.4 is 5.32 Å². The summed E-state index contributed by atoms with van der Waals surface area (Å²) in [5.74, 6) is -0.0169. The fourth-order valence-corrected chi connectivity index (χ4v) is 3.49. The Kier molecular flexibility index (Phi) is 5.60. The first kappa shape index (κ1) is 14.8. The third kappa shape index (κ3) is 4.44. The van der Waals surface area contributed by atoms with Crippen molar-refractivity contribution in [1.82, 2.24) is 5.32 Å². The van der Waals surface area contributed by atoms with E-state index in [1.807, 2.05) is 30.3 Å². The minimum absolute atomic E-state index is 0.0169. The summed E-state index contributed by atoms with van der Waals surface area (Å²) in [6.07, 6.45) is 0.863. The first-order chi connectivity index (χ1) is 9.19. The summed E-state index contributed by atoms with van der Waals surface area (Å²) < 4.78 is 1.12. The maximum atomic E-state index is 11.9. The molecule has 5 heteroatoms. The summed E-state index contributed by atoms with van der Waals surface area (Å²) in [5, 5.41) is 3.74. The van der Waals surface area contributed by atoms with Crippen LogP contribution in [0.25, 0.3) is 0 Å². The molecule has 0 spiro atoms. The molecular weight excluding hydrogens is 390 g/mol. The van der Waals surface area contributed by atoms with Gasteiger partial charge in [0.05, 0.1) is 3.79 Å². The van der Waals surface area contributed by atoms with E-state index >= 15 is 0 Å². The quantitative estimate of drug-likeness (QED) is 0.738. The molecule has 0 aliphatic heterocycles. The van der Waals surface area contributed by atoms with Crippen molar-refractivity contribution in [3.63, 3.8) is 0 Å². The average molecular weight is 403 g/mol. The number of nitrogens with one attached hydrogen (secondary N) is 1. The third-order valence-electron chi connectivity index (χ3n) is 2.66. The Balaban J connectivity index is 1.83. The number of rotatable bonds is 5. The van der Waals surface area contributed by atoms with Gasteiger partial charge in [-0.3, -0.25) is 4.79 Å². The topological polar surface area (TPSA) is 29.1 Å². The molecule has 0 saturated heterocycles. The van der Waals surface area contributed by atoms with Crippen LogP contribution in [0.5, 0.6) is 0 Å². The second-order valence-corrected chi connectivity index (χ2v) is 7.15. The molecule has 0 fully saturated rings. The van der Waals surface area contributed by atoms with Crippen LogP contribution in [0.2, 0.25) is 0 Å². The van der Waals surface area contributed by atoms with E-state index in [0.29, 0.717) is 12.1 Å². The Bertz CT molecular complexity index is 551. The smallest absolute Gasteiger partial charge is 0.251 e. The maximum Gasteiger partial charge on any atom is 0.251 e. The van der Waals surface area contributed by atoms with Gasteiger partial charge >= 0.3 is 0 Å². The van der Waals surface area contributed by atoms with Gasteiger partial charge in [0.1, 0.15) is 0 Å². The molecule has 1 N–H and O–H groups in total. The minimum atomic E-state index is -0.0169. The van der Waals surface area contributed by atoms with Crippen molar-refractivity contribution in [3.8, 4) is 0 Å². The number of amides is 1. The number of hydrogen-bond donors (Lipinski definition) is 1. The predicted octanol–water partition coefficient (Wildman–Crippen LogP) is 4.38. The lowest BCUT2D eigenvalue weighted by Gasteiger charge is -2.05. The van der Waals surface area contributed by atoms with Crippen molar-refractivity contribution >= 4 is 49.1 Å². The summed E-state index contributed by atoms with van der Waals surface area (Å²) in [5.41, 5.74) is 1.87. The Labute approximate surface area is 133 Å². The van der Waals surface area contributed by atoms with Crippen LogP contribution in [0.15, 0.2) is 40.2 Å². The monoisotopic (exact) mass is 401 g/mol. The van der Waals surface area contributed by atoms with Gasteiger partial charge in [0.25, 0.3) is 5.91 Å². The van der Waals surface area contributed by atoms with Crippen LogP contribution in [0.1, 0.15) is 20.8 Å². The largest absolute Gasteiger partial charge is 0.352 e. The first-order valence-corrected chi connectivity index (χ1v) is 8.59. The molecule has 2 aromatic rings. The van der Waals surface area contributed by atoms with Gasteiger partial charge in [-0.2, -0.15) is 0 Å². The number of carbonyl (C=O) groups is 1. The lowest BCUT2D eigenvalue weighted by atomic mass is 10.1. The SMILES string of the molecule is O=C(NCCc1ccc(Br)s1)c1ccc(CBr)cc1. The molecule has 0 unspecified atom stereocenters. The minimum Gasteiger partial charge on any atom is -0.352 e. The molecule has 1 aromatic heterocycles. The van der Waals surface area contributed by atoms with E-state index in [-0.39, 0.29) is 5.91 Å². The highest BCUT2D eigenvalue weighted by molar-refractivity contribution is 9.11. The van der Waals surface area contributed by atoms with Gasteiger partial charge in [-0.05, 0) is 52.2 Å². The van der Waals surface area contributed by atoms with Gasteiger partial charge in [0.2, 0.25) is 0 Å². The molecule has 100 valence electrons. The summed E-state index contributed by atoms with van der Waals surface area (Å²) in [6.45, 7) is 0.659. The number of carbonyl (C=O) groups excluding carboxylic acids is 1. The molecule has 0 bridgehead atoms. The van der Waals surface area contributed by atoms with Gasteiger partial charge in [-0.25, -0.2) is 0 Å². The second-order valence-electron chi connectivity index (χ2n) is 4.04. The number of thiophene rings is 1. The number of benzene rings is 1. The van der Waals surface area contributed by atoms with Gasteiger partial charge in [-0.15, -0.1) is 11.3 Å². The van der Waals surface area contributed by atoms with Crippen LogP contribution in [0.3, 0.4) is 0 Å². The van der Waals surface area contributed by atoms with Crippen molar-refractivity contribution in [2.45, 2.75) is 11.8 Å². The number of alkyl halides is 1. The van der Waals surface area contributed by atoms with E-state index in [1.165, 1.54) is 10.4 Å². The van der Waals surface area contributed by atoms with Gasteiger partial charge in [0.15, 0.2) is 0 Å². The van der Waals surface area contributed by atoms with E-state index < -0.39 is 0 Å². The molecule has 0 saturated carbocycles. The fraction of sp³-hybridized carbons (Fsp3) is 0.214. The fourth-order valence-electron chi connectivity index (χ4n) is 1.63. The number of hydrogen-bond acceptors (Lipinski definition) is 2. The molecule has 1 amide bonds. The highest BCUT2D eigenvalue weighted by Gasteiger charge is 2.05. The molecule has 19 heavy (non-hydrogen) atoms. The summed E-state index contributed by atoms with van der Waals surface area (Å²) >= 11 is 8.52. The standard InChI is InChI=1S/C14H13Br2NOS/c15-9-10-1-3-11(4-2-10)14(18)17-8-7-12-5-6-13(16)19-12/h1-6H,7-9H2,(H,17,18). The second kappa shape index (κ2) is 7.22. The van der Waals surface area contributed by atoms with Gasteiger partial charge in [0, 0.05) is 22.3 Å². The number of halogens is 2. The maximum absolute atomic E-state index is 11.9. The van der Waals surface area contributed by atoms with E-state index in [2.05, 4.69) is 43.2 Å². The molecular formula is C14H13Br2NOS. The average Bonchev–Trinajstić information content (AvgIpc) is 2.84. The van der Waals surface area contributed by atoms with Crippen LogP contribution in [0.4, 0.5) is 0 Å². The Morgan fingerprint density at radius 3 is 2.47 bits per heavy atom. The van der Waals surface area contributed by atoms with Crippen LogP contribution in [-0.4, -0.2) is 12.5 Å². The normalized spacial score (nSPS) is 10.4.